The van der Waals surface area contributed by atoms with E-state index < -0.39 is 0 Å². The van der Waals surface area contributed by atoms with Crippen molar-refractivity contribution in [3.63, 3.8) is 0 Å². The fourth-order valence-electron chi connectivity index (χ4n) is 4.76. The van der Waals surface area contributed by atoms with Gasteiger partial charge in [-0.2, -0.15) is 19.6 Å². The van der Waals surface area contributed by atoms with E-state index in [4.69, 9.17) is 14.7 Å². The number of piperidine rings is 1. The second-order valence-corrected chi connectivity index (χ2v) is 10.2. The molecular weight excluding hydrogens is 498 g/mol. The van der Waals surface area contributed by atoms with Crippen molar-refractivity contribution < 1.29 is 9.53 Å². The average Bonchev–Trinajstić information content (AvgIpc) is 3.26. The van der Waals surface area contributed by atoms with Gasteiger partial charge in [0.15, 0.2) is 5.65 Å². The number of rotatable bonds is 8. The van der Waals surface area contributed by atoms with Gasteiger partial charge in [0.1, 0.15) is 0 Å². The summed E-state index contributed by atoms with van der Waals surface area (Å²) in [6, 6.07) is 0.525. The molecule has 0 bridgehead atoms. The smallest absolute Gasteiger partial charge is 0.246 e. The van der Waals surface area contributed by atoms with Gasteiger partial charge in [-0.1, -0.05) is 35.9 Å². The first-order valence-electron chi connectivity index (χ1n) is 12.3. The molecule has 2 N–H and O–H groups in total. The van der Waals surface area contributed by atoms with Gasteiger partial charge in [0.2, 0.25) is 17.8 Å². The van der Waals surface area contributed by atoms with Crippen molar-refractivity contribution in [3.05, 3.63) is 23.9 Å². The molecule has 186 valence electrons. The summed E-state index contributed by atoms with van der Waals surface area (Å²) < 4.78 is 7.30. The van der Waals surface area contributed by atoms with Gasteiger partial charge < -0.3 is 20.3 Å². The van der Waals surface area contributed by atoms with Crippen molar-refractivity contribution in [2.45, 2.75) is 64.5 Å². The summed E-state index contributed by atoms with van der Waals surface area (Å²) >= 11 is 3.34. The maximum absolute atomic E-state index is 12.4. The number of ether oxygens (including phenoxy) is 1. The van der Waals surface area contributed by atoms with E-state index in [1.165, 1.54) is 0 Å². The predicted molar refractivity (Wildman–Crippen MR) is 138 cm³/mol. The Balaban J connectivity index is 1.46. The third-order valence-corrected chi connectivity index (χ3v) is 7.11. The lowest BCUT2D eigenvalue weighted by Gasteiger charge is -2.37. The molecule has 0 saturated carbocycles. The Kier molecular flexibility index (Phi) is 8.41. The molecule has 4 rings (SSSR count). The fourth-order valence-corrected chi connectivity index (χ4v) is 4.95. The molecule has 2 unspecified atom stereocenters. The average molecular weight is 535 g/mol. The van der Waals surface area contributed by atoms with Crippen molar-refractivity contribution in [1.29, 1.82) is 0 Å². The van der Waals surface area contributed by atoms with Crippen LogP contribution in [-0.2, 0) is 9.53 Å². The number of aromatic nitrogens is 4. The van der Waals surface area contributed by atoms with Gasteiger partial charge in [-0.05, 0) is 50.5 Å². The van der Waals surface area contributed by atoms with Gasteiger partial charge in [0, 0.05) is 49.3 Å². The molecule has 0 spiro atoms. The number of amides is 1. The summed E-state index contributed by atoms with van der Waals surface area (Å²) in [7, 11) is 0. The minimum absolute atomic E-state index is 0.0949. The van der Waals surface area contributed by atoms with E-state index in [0.717, 1.165) is 63.2 Å². The molecule has 1 amide bonds. The quantitative estimate of drug-likeness (QED) is 0.393. The first kappa shape index (κ1) is 24.9. The largest absolute Gasteiger partial charge is 0.381 e. The van der Waals surface area contributed by atoms with E-state index in [9.17, 15) is 4.79 Å². The summed E-state index contributed by atoms with van der Waals surface area (Å²) in [6.07, 6.45) is 9.23. The van der Waals surface area contributed by atoms with E-state index in [-0.39, 0.29) is 11.9 Å². The first-order chi connectivity index (χ1) is 16.5. The molecule has 9 nitrogen and oxygen atoms in total. The Morgan fingerprint density at radius 3 is 2.79 bits per heavy atom. The fraction of sp³-hybridized carbons (Fsp3) is 0.667. The number of anilines is 2. The van der Waals surface area contributed by atoms with Crippen LogP contribution in [0.25, 0.3) is 5.65 Å². The number of nitrogens with one attached hydrogen (secondary N) is 2. The number of carbonyl (C=O) groups excluding carboxylic acids is 1. The molecule has 34 heavy (non-hydrogen) atoms. The van der Waals surface area contributed by atoms with Gasteiger partial charge in [0.05, 0.1) is 6.20 Å². The highest BCUT2D eigenvalue weighted by molar-refractivity contribution is 9.09. The number of alkyl halides is 1. The van der Waals surface area contributed by atoms with Crippen LogP contribution in [0.5, 0.6) is 0 Å². The van der Waals surface area contributed by atoms with E-state index in [0.29, 0.717) is 35.1 Å². The second kappa shape index (κ2) is 11.5. The highest BCUT2D eigenvalue weighted by atomic mass is 79.9. The molecule has 0 radical (unpaired) electrons. The Morgan fingerprint density at radius 1 is 1.29 bits per heavy atom. The number of likely N-dealkylation sites (tertiary alicyclic amines) is 1. The van der Waals surface area contributed by atoms with Crippen LogP contribution in [0, 0.1) is 5.92 Å². The van der Waals surface area contributed by atoms with Crippen molar-refractivity contribution in [2.75, 3.05) is 42.3 Å². The van der Waals surface area contributed by atoms with Crippen LogP contribution in [0.1, 0.15) is 57.9 Å². The summed E-state index contributed by atoms with van der Waals surface area (Å²) in [4.78, 5) is 24.0. The Hall–Kier alpha value is -2.20. The van der Waals surface area contributed by atoms with Gasteiger partial charge in [-0.25, -0.2) is 0 Å². The lowest BCUT2D eigenvalue weighted by atomic mass is 9.91. The molecule has 2 aromatic heterocycles. The third-order valence-electron chi connectivity index (χ3n) is 6.74. The van der Waals surface area contributed by atoms with Crippen molar-refractivity contribution >= 4 is 39.4 Å². The number of hydrogen-bond acceptors (Lipinski definition) is 7. The maximum Gasteiger partial charge on any atom is 0.246 e. The number of fused-ring (bicyclic) bond motifs is 1. The molecule has 2 aliphatic rings. The topological polar surface area (TPSA) is 96.7 Å². The van der Waals surface area contributed by atoms with Gasteiger partial charge in [0.25, 0.3) is 0 Å². The molecule has 2 aromatic rings. The number of allylic oxidation sites excluding steroid dienone is 1. The molecule has 4 heterocycles. The predicted octanol–water partition coefficient (Wildman–Crippen LogP) is 3.83. The zero-order valence-corrected chi connectivity index (χ0v) is 21.9. The SMILES string of the molecule is CC(C)c1cnn2c(NCC3CCN(C(=O)/C=C/CBr)C(C)C3)nc(NC3CCOCC3)nc12. The van der Waals surface area contributed by atoms with Crippen LogP contribution in [0.3, 0.4) is 0 Å². The van der Waals surface area contributed by atoms with E-state index in [1.54, 1.807) is 6.08 Å². The monoisotopic (exact) mass is 533 g/mol. The van der Waals surface area contributed by atoms with Crippen molar-refractivity contribution in [2.24, 2.45) is 5.92 Å². The molecule has 0 aliphatic carbocycles. The van der Waals surface area contributed by atoms with Crippen LogP contribution in [0.2, 0.25) is 0 Å². The Labute approximate surface area is 209 Å². The molecule has 2 aliphatic heterocycles. The number of hydrogen-bond donors (Lipinski definition) is 2. The minimum Gasteiger partial charge on any atom is -0.381 e. The second-order valence-electron chi connectivity index (χ2n) is 9.60. The van der Waals surface area contributed by atoms with Gasteiger partial charge in [-0.15, -0.1) is 0 Å². The van der Waals surface area contributed by atoms with Crippen molar-refractivity contribution in [1.82, 2.24) is 24.5 Å². The van der Waals surface area contributed by atoms with E-state index in [1.807, 2.05) is 21.7 Å². The van der Waals surface area contributed by atoms with Crippen molar-refractivity contribution in [3.8, 4) is 0 Å². The van der Waals surface area contributed by atoms with Crippen LogP contribution in [0.4, 0.5) is 11.9 Å². The highest BCUT2D eigenvalue weighted by Crippen LogP contribution is 2.26. The zero-order valence-electron chi connectivity index (χ0n) is 20.3. The van der Waals surface area contributed by atoms with Crippen LogP contribution >= 0.6 is 15.9 Å². The van der Waals surface area contributed by atoms with Crippen LogP contribution in [-0.4, -0.2) is 74.1 Å². The molecular formula is C24H36BrN7O2. The molecule has 10 heteroatoms. The minimum atomic E-state index is 0.0949. The zero-order chi connectivity index (χ0) is 24.1. The number of nitrogens with zero attached hydrogens (tertiary/aromatic N) is 5. The lowest BCUT2D eigenvalue weighted by molar-refractivity contribution is -0.129. The molecule has 2 saturated heterocycles. The van der Waals surface area contributed by atoms with Crippen LogP contribution < -0.4 is 10.6 Å². The summed E-state index contributed by atoms with van der Waals surface area (Å²) in [5, 5.41) is 12.3. The molecule has 2 atom stereocenters. The third kappa shape index (κ3) is 5.89. The first-order valence-corrected chi connectivity index (χ1v) is 13.4. The highest BCUT2D eigenvalue weighted by Gasteiger charge is 2.28. The Morgan fingerprint density at radius 2 is 2.09 bits per heavy atom. The van der Waals surface area contributed by atoms with E-state index in [2.05, 4.69) is 52.4 Å². The standard InChI is InChI=1S/C24H36BrN7O2/c1-16(2)20-15-27-32-22(20)29-23(28-19-7-11-34-12-8-19)30-24(32)26-14-18-6-10-31(17(3)13-18)21(33)5-4-9-25/h4-5,15-19H,6-14H2,1-3H3,(H2,26,28,29,30)/b5-4+. The maximum atomic E-state index is 12.4. The number of carbonyl (C=O) groups is 1. The molecule has 0 aromatic carbocycles. The number of halogens is 1. The summed E-state index contributed by atoms with van der Waals surface area (Å²) in [5.74, 6) is 2.21. The summed E-state index contributed by atoms with van der Waals surface area (Å²) in [5.41, 5.74) is 1.95. The Bertz CT molecular complexity index is 1000. The van der Waals surface area contributed by atoms with E-state index >= 15 is 0 Å². The van der Waals surface area contributed by atoms with Crippen LogP contribution in [0.15, 0.2) is 18.3 Å². The summed E-state index contributed by atoms with van der Waals surface area (Å²) in [6.45, 7) is 9.52. The van der Waals surface area contributed by atoms with Gasteiger partial charge in [-0.3, -0.25) is 4.79 Å². The normalized spacial score (nSPS) is 22.1. The lowest BCUT2D eigenvalue weighted by Crippen LogP contribution is -2.45. The molecule has 2 fully saturated rings. The van der Waals surface area contributed by atoms with Gasteiger partial charge >= 0.3 is 0 Å².